The molecule has 1 saturated heterocycles. The lowest BCUT2D eigenvalue weighted by Crippen LogP contribution is -2.59. The second-order valence-electron chi connectivity index (χ2n) is 7.91. The minimum Gasteiger partial charge on any atom is -0.283 e. The molecule has 1 aliphatic carbocycles. The van der Waals surface area contributed by atoms with Crippen molar-refractivity contribution in [2.45, 2.75) is 70.5 Å². The summed E-state index contributed by atoms with van der Waals surface area (Å²) < 4.78 is 0. The SMILES string of the molecule is CC1(C)CCCC(C)(C)N1C1C=Cc2c(CC#N)cccc21. The van der Waals surface area contributed by atoms with Crippen LogP contribution in [0.2, 0.25) is 0 Å². The van der Waals surface area contributed by atoms with E-state index in [1.807, 2.05) is 0 Å². The third-order valence-electron chi connectivity index (χ3n) is 5.42. The monoisotopic (exact) mass is 294 g/mol. The van der Waals surface area contributed by atoms with Crippen molar-refractivity contribution in [2.75, 3.05) is 0 Å². The average molecular weight is 294 g/mol. The number of benzene rings is 1. The molecular formula is C20H26N2. The van der Waals surface area contributed by atoms with Crippen molar-refractivity contribution in [2.24, 2.45) is 0 Å². The molecule has 0 saturated carbocycles. The van der Waals surface area contributed by atoms with E-state index in [9.17, 15) is 0 Å². The van der Waals surface area contributed by atoms with E-state index < -0.39 is 0 Å². The summed E-state index contributed by atoms with van der Waals surface area (Å²) in [5.74, 6) is 0. The molecule has 3 rings (SSSR count). The van der Waals surface area contributed by atoms with Gasteiger partial charge in [0.1, 0.15) is 0 Å². The summed E-state index contributed by atoms with van der Waals surface area (Å²) in [6.07, 6.45) is 8.84. The lowest BCUT2D eigenvalue weighted by molar-refractivity contribution is -0.0482. The first-order valence-corrected chi connectivity index (χ1v) is 8.33. The van der Waals surface area contributed by atoms with Crippen LogP contribution in [0.1, 0.15) is 69.7 Å². The molecule has 1 aromatic rings. The number of hydrogen-bond acceptors (Lipinski definition) is 2. The van der Waals surface area contributed by atoms with Crippen molar-refractivity contribution in [3.05, 3.63) is 41.0 Å². The summed E-state index contributed by atoms with van der Waals surface area (Å²) in [6, 6.07) is 9.05. The number of nitrogens with zero attached hydrogens (tertiary/aromatic N) is 2. The maximum absolute atomic E-state index is 9.05. The lowest BCUT2D eigenvalue weighted by Gasteiger charge is -2.55. The van der Waals surface area contributed by atoms with Crippen molar-refractivity contribution >= 4 is 6.08 Å². The third kappa shape index (κ3) is 2.38. The highest BCUT2D eigenvalue weighted by molar-refractivity contribution is 5.66. The number of piperidine rings is 1. The topological polar surface area (TPSA) is 27.0 Å². The van der Waals surface area contributed by atoms with Gasteiger partial charge in [-0.1, -0.05) is 30.4 Å². The van der Waals surface area contributed by atoms with Crippen LogP contribution in [0.15, 0.2) is 24.3 Å². The molecule has 0 spiro atoms. The van der Waals surface area contributed by atoms with Crippen LogP contribution in [-0.4, -0.2) is 16.0 Å². The van der Waals surface area contributed by atoms with Gasteiger partial charge >= 0.3 is 0 Å². The zero-order valence-electron chi connectivity index (χ0n) is 14.2. The van der Waals surface area contributed by atoms with Crippen LogP contribution in [0, 0.1) is 11.3 Å². The molecule has 22 heavy (non-hydrogen) atoms. The van der Waals surface area contributed by atoms with Crippen molar-refractivity contribution < 1.29 is 0 Å². The van der Waals surface area contributed by atoms with Crippen LogP contribution < -0.4 is 0 Å². The zero-order valence-corrected chi connectivity index (χ0v) is 14.2. The van der Waals surface area contributed by atoms with E-state index in [1.165, 1.54) is 30.4 Å². The summed E-state index contributed by atoms with van der Waals surface area (Å²) in [5, 5.41) is 9.05. The molecule has 1 heterocycles. The molecule has 2 nitrogen and oxygen atoms in total. The molecule has 2 aliphatic rings. The van der Waals surface area contributed by atoms with E-state index in [-0.39, 0.29) is 11.1 Å². The fourth-order valence-electron chi connectivity index (χ4n) is 4.62. The van der Waals surface area contributed by atoms with Gasteiger partial charge in [0.05, 0.1) is 18.5 Å². The minimum atomic E-state index is 0.198. The predicted molar refractivity (Wildman–Crippen MR) is 91.4 cm³/mol. The molecule has 116 valence electrons. The number of rotatable bonds is 2. The molecule has 1 aliphatic heterocycles. The van der Waals surface area contributed by atoms with Crippen LogP contribution in [-0.2, 0) is 6.42 Å². The van der Waals surface area contributed by atoms with Gasteiger partial charge in [-0.15, -0.1) is 0 Å². The van der Waals surface area contributed by atoms with Gasteiger partial charge in [-0.25, -0.2) is 0 Å². The van der Waals surface area contributed by atoms with Crippen LogP contribution >= 0.6 is 0 Å². The maximum atomic E-state index is 9.05. The highest BCUT2D eigenvalue weighted by Gasteiger charge is 2.45. The van der Waals surface area contributed by atoms with Gasteiger partial charge < -0.3 is 0 Å². The molecule has 0 amide bonds. The van der Waals surface area contributed by atoms with Gasteiger partial charge in [-0.3, -0.25) is 4.90 Å². The van der Waals surface area contributed by atoms with E-state index in [1.54, 1.807) is 0 Å². The first-order chi connectivity index (χ1) is 10.4. The molecule has 0 radical (unpaired) electrons. The van der Waals surface area contributed by atoms with Crippen molar-refractivity contribution in [3.63, 3.8) is 0 Å². The molecule has 1 aromatic carbocycles. The second kappa shape index (κ2) is 5.25. The Balaban J connectivity index is 2.04. The number of fused-ring (bicyclic) bond motifs is 1. The van der Waals surface area contributed by atoms with E-state index in [0.717, 1.165) is 5.56 Å². The lowest BCUT2D eigenvalue weighted by atomic mass is 9.77. The third-order valence-corrected chi connectivity index (χ3v) is 5.42. The van der Waals surface area contributed by atoms with Gasteiger partial charge in [0, 0.05) is 11.1 Å². The van der Waals surface area contributed by atoms with Gasteiger partial charge in [0.25, 0.3) is 0 Å². The van der Waals surface area contributed by atoms with Crippen molar-refractivity contribution in [1.82, 2.24) is 4.90 Å². The van der Waals surface area contributed by atoms with E-state index in [2.05, 4.69) is 69.0 Å². The standard InChI is InChI=1S/C20H26N2/c1-19(2)12-6-13-20(3,4)22(19)18-10-9-16-15(11-14-21)7-5-8-17(16)18/h5,7-10,18H,6,11-13H2,1-4H3. The first kappa shape index (κ1) is 15.3. The number of nitriles is 1. The fourth-order valence-corrected chi connectivity index (χ4v) is 4.62. The van der Waals surface area contributed by atoms with Crippen LogP contribution in [0.4, 0.5) is 0 Å². The van der Waals surface area contributed by atoms with Gasteiger partial charge in [0.2, 0.25) is 0 Å². The van der Waals surface area contributed by atoms with E-state index >= 15 is 0 Å². The minimum absolute atomic E-state index is 0.198. The summed E-state index contributed by atoms with van der Waals surface area (Å²) in [4.78, 5) is 2.70. The number of likely N-dealkylation sites (tertiary alicyclic amines) is 1. The highest BCUT2D eigenvalue weighted by atomic mass is 15.3. The largest absolute Gasteiger partial charge is 0.283 e. The second-order valence-corrected chi connectivity index (χ2v) is 7.91. The predicted octanol–water partition coefficient (Wildman–Crippen LogP) is 4.86. The number of hydrogen-bond donors (Lipinski definition) is 0. The normalized spacial score (nSPS) is 25.7. The van der Waals surface area contributed by atoms with Crippen molar-refractivity contribution in [1.29, 1.82) is 5.26 Å². The summed E-state index contributed by atoms with van der Waals surface area (Å²) >= 11 is 0. The Hall–Kier alpha value is -1.59. The molecule has 1 fully saturated rings. The summed E-state index contributed by atoms with van der Waals surface area (Å²) in [7, 11) is 0. The van der Waals surface area contributed by atoms with Gasteiger partial charge in [-0.2, -0.15) is 5.26 Å². The molecule has 1 atom stereocenters. The smallest absolute Gasteiger partial charge is 0.0669 e. The molecule has 0 N–H and O–H groups in total. The Morgan fingerprint density at radius 3 is 2.50 bits per heavy atom. The Morgan fingerprint density at radius 2 is 1.86 bits per heavy atom. The molecule has 0 bridgehead atoms. The fraction of sp³-hybridized carbons (Fsp3) is 0.550. The maximum Gasteiger partial charge on any atom is 0.0669 e. The Bertz CT molecular complexity index is 630. The van der Waals surface area contributed by atoms with Crippen LogP contribution in [0.5, 0.6) is 0 Å². The Labute approximate surface area is 134 Å². The first-order valence-electron chi connectivity index (χ1n) is 8.33. The summed E-state index contributed by atoms with van der Waals surface area (Å²) in [5.41, 5.74) is 4.20. The molecule has 2 heteroatoms. The van der Waals surface area contributed by atoms with E-state index in [4.69, 9.17) is 5.26 Å². The van der Waals surface area contributed by atoms with Crippen molar-refractivity contribution in [3.8, 4) is 6.07 Å². The highest BCUT2D eigenvalue weighted by Crippen LogP contribution is 2.47. The zero-order chi connectivity index (χ0) is 16.0. The van der Waals surface area contributed by atoms with Gasteiger partial charge in [0.15, 0.2) is 0 Å². The van der Waals surface area contributed by atoms with Crippen LogP contribution in [0.25, 0.3) is 6.08 Å². The summed E-state index contributed by atoms with van der Waals surface area (Å²) in [6.45, 7) is 9.50. The average Bonchev–Trinajstić information content (AvgIpc) is 2.82. The van der Waals surface area contributed by atoms with Crippen LogP contribution in [0.3, 0.4) is 0 Å². The van der Waals surface area contributed by atoms with Gasteiger partial charge in [-0.05, 0) is 63.6 Å². The Morgan fingerprint density at radius 1 is 1.18 bits per heavy atom. The molecule has 1 unspecified atom stereocenters. The quantitative estimate of drug-likeness (QED) is 0.778. The van der Waals surface area contributed by atoms with E-state index in [0.29, 0.717) is 12.5 Å². The Kier molecular flexibility index (Phi) is 3.65. The molecular weight excluding hydrogens is 268 g/mol. The molecule has 0 aromatic heterocycles.